The van der Waals surface area contributed by atoms with Gasteiger partial charge in [-0.3, -0.25) is 9.69 Å². The van der Waals surface area contributed by atoms with Crippen LogP contribution in [-0.4, -0.2) is 61.1 Å². The van der Waals surface area contributed by atoms with E-state index >= 15 is 0 Å². The maximum absolute atomic E-state index is 13.4. The molecule has 0 N–H and O–H groups in total. The number of carbonyl (C=O) groups is 1. The molecule has 1 aromatic rings. The predicted octanol–water partition coefficient (Wildman–Crippen LogP) is 2.64. The number of rotatable bonds is 4. The first-order valence-electron chi connectivity index (χ1n) is 9.58. The summed E-state index contributed by atoms with van der Waals surface area (Å²) in [4.78, 5) is 17.6. The standard InChI is InChI=1S/C20H27FN2O2/c21-16-5-3-4-15(12-16)18-13-19(18)20(24)23-7-2-1-6-17(23)14-22-8-10-25-11-9-22/h3-5,12,17-19H,1-2,6-11,13-14H2/t17-,18-,19-/m1/s1. The molecule has 1 saturated carbocycles. The Morgan fingerprint density at radius 3 is 2.84 bits per heavy atom. The van der Waals surface area contributed by atoms with Crippen molar-refractivity contribution < 1.29 is 13.9 Å². The quantitative estimate of drug-likeness (QED) is 0.840. The summed E-state index contributed by atoms with van der Waals surface area (Å²) < 4.78 is 18.9. The van der Waals surface area contributed by atoms with Gasteiger partial charge < -0.3 is 9.64 Å². The molecule has 136 valence electrons. The van der Waals surface area contributed by atoms with Crippen LogP contribution in [0.5, 0.6) is 0 Å². The van der Waals surface area contributed by atoms with Crippen molar-refractivity contribution >= 4 is 5.91 Å². The van der Waals surface area contributed by atoms with Gasteiger partial charge in [-0.2, -0.15) is 0 Å². The van der Waals surface area contributed by atoms with Gasteiger partial charge in [0.15, 0.2) is 0 Å². The van der Waals surface area contributed by atoms with Crippen LogP contribution in [0.2, 0.25) is 0 Å². The summed E-state index contributed by atoms with van der Waals surface area (Å²) in [6.07, 6.45) is 4.27. The van der Waals surface area contributed by atoms with E-state index in [0.29, 0.717) is 6.04 Å². The lowest BCUT2D eigenvalue weighted by molar-refractivity contribution is -0.137. The summed E-state index contributed by atoms with van der Waals surface area (Å²) in [6, 6.07) is 7.06. The molecule has 3 aliphatic rings. The fourth-order valence-electron chi connectivity index (χ4n) is 4.35. The van der Waals surface area contributed by atoms with Gasteiger partial charge in [-0.25, -0.2) is 4.39 Å². The number of carbonyl (C=O) groups excluding carboxylic acids is 1. The van der Waals surface area contributed by atoms with E-state index in [0.717, 1.165) is 64.2 Å². The highest BCUT2D eigenvalue weighted by Gasteiger charge is 2.47. The second-order valence-corrected chi connectivity index (χ2v) is 7.60. The molecule has 0 spiro atoms. The van der Waals surface area contributed by atoms with Crippen LogP contribution < -0.4 is 0 Å². The number of amides is 1. The van der Waals surface area contributed by atoms with E-state index in [4.69, 9.17) is 4.74 Å². The van der Waals surface area contributed by atoms with E-state index in [1.54, 1.807) is 12.1 Å². The maximum Gasteiger partial charge on any atom is 0.226 e. The topological polar surface area (TPSA) is 32.8 Å². The number of piperidine rings is 1. The Bertz CT molecular complexity index is 617. The van der Waals surface area contributed by atoms with Crippen molar-refractivity contribution in [1.82, 2.24) is 9.80 Å². The highest BCUT2D eigenvalue weighted by Crippen LogP contribution is 2.49. The molecule has 5 heteroatoms. The van der Waals surface area contributed by atoms with Crippen molar-refractivity contribution in [2.75, 3.05) is 39.4 Å². The molecular formula is C20H27FN2O2. The van der Waals surface area contributed by atoms with Crippen molar-refractivity contribution in [1.29, 1.82) is 0 Å². The molecule has 0 aromatic heterocycles. The minimum absolute atomic E-state index is 0.0482. The number of nitrogens with zero attached hydrogens (tertiary/aromatic N) is 2. The largest absolute Gasteiger partial charge is 0.379 e. The number of hydrogen-bond acceptors (Lipinski definition) is 3. The van der Waals surface area contributed by atoms with Gasteiger partial charge in [0.1, 0.15) is 5.82 Å². The zero-order chi connectivity index (χ0) is 17.2. The fourth-order valence-corrected chi connectivity index (χ4v) is 4.35. The Kier molecular flexibility index (Phi) is 5.04. The van der Waals surface area contributed by atoms with Crippen LogP contribution in [0.25, 0.3) is 0 Å². The molecular weight excluding hydrogens is 319 g/mol. The molecule has 0 bridgehead atoms. The molecule has 1 aliphatic carbocycles. The Balaban J connectivity index is 1.39. The number of ether oxygens (including phenoxy) is 1. The molecule has 4 rings (SSSR count). The summed E-state index contributed by atoms with van der Waals surface area (Å²) in [5.41, 5.74) is 0.972. The van der Waals surface area contributed by atoms with Crippen LogP contribution in [0.15, 0.2) is 24.3 Å². The Morgan fingerprint density at radius 1 is 1.20 bits per heavy atom. The zero-order valence-corrected chi connectivity index (χ0v) is 14.7. The van der Waals surface area contributed by atoms with Crippen LogP contribution in [0.1, 0.15) is 37.2 Å². The second kappa shape index (κ2) is 7.42. The van der Waals surface area contributed by atoms with Gasteiger partial charge in [-0.15, -0.1) is 0 Å². The first-order chi connectivity index (χ1) is 12.2. The number of morpholine rings is 1. The summed E-state index contributed by atoms with van der Waals surface area (Å²) in [7, 11) is 0. The van der Waals surface area contributed by atoms with Crippen molar-refractivity contribution in [3.63, 3.8) is 0 Å². The van der Waals surface area contributed by atoms with Gasteiger partial charge in [-0.05, 0) is 49.3 Å². The molecule has 0 radical (unpaired) electrons. The van der Waals surface area contributed by atoms with Crippen LogP contribution in [-0.2, 0) is 9.53 Å². The Labute approximate surface area is 148 Å². The lowest BCUT2D eigenvalue weighted by atomic mass is 10.00. The summed E-state index contributed by atoms with van der Waals surface area (Å²) in [6.45, 7) is 5.37. The van der Waals surface area contributed by atoms with Gasteiger partial charge in [-0.1, -0.05) is 12.1 Å². The average Bonchev–Trinajstić information content (AvgIpc) is 3.43. The monoisotopic (exact) mass is 346 g/mol. The normalized spacial score (nSPS) is 30.3. The minimum atomic E-state index is -0.209. The van der Waals surface area contributed by atoms with E-state index in [2.05, 4.69) is 9.80 Å². The molecule has 4 nitrogen and oxygen atoms in total. The highest BCUT2D eigenvalue weighted by molar-refractivity contribution is 5.83. The lowest BCUT2D eigenvalue weighted by Gasteiger charge is -2.40. The van der Waals surface area contributed by atoms with Gasteiger partial charge in [0.25, 0.3) is 0 Å². The van der Waals surface area contributed by atoms with Crippen LogP contribution in [0, 0.1) is 11.7 Å². The van der Waals surface area contributed by atoms with Gasteiger partial charge in [0.05, 0.1) is 13.2 Å². The highest BCUT2D eigenvalue weighted by atomic mass is 19.1. The Hall–Kier alpha value is -1.46. The van der Waals surface area contributed by atoms with Crippen molar-refractivity contribution in [3.8, 4) is 0 Å². The smallest absolute Gasteiger partial charge is 0.226 e. The third-order valence-corrected chi connectivity index (χ3v) is 5.87. The molecule has 25 heavy (non-hydrogen) atoms. The van der Waals surface area contributed by atoms with E-state index in [-0.39, 0.29) is 23.6 Å². The predicted molar refractivity (Wildman–Crippen MR) is 93.9 cm³/mol. The first-order valence-corrected chi connectivity index (χ1v) is 9.58. The molecule has 2 aliphatic heterocycles. The third kappa shape index (κ3) is 3.87. The van der Waals surface area contributed by atoms with Gasteiger partial charge >= 0.3 is 0 Å². The number of hydrogen-bond donors (Lipinski definition) is 0. The Morgan fingerprint density at radius 2 is 2.04 bits per heavy atom. The van der Waals surface area contributed by atoms with E-state index in [9.17, 15) is 9.18 Å². The van der Waals surface area contributed by atoms with Crippen molar-refractivity contribution in [2.45, 2.75) is 37.6 Å². The van der Waals surface area contributed by atoms with E-state index in [1.165, 1.54) is 12.5 Å². The van der Waals surface area contributed by atoms with Gasteiger partial charge in [0.2, 0.25) is 5.91 Å². The lowest BCUT2D eigenvalue weighted by Crippen LogP contribution is -2.51. The zero-order valence-electron chi connectivity index (χ0n) is 14.7. The molecule has 3 atom stereocenters. The third-order valence-electron chi connectivity index (χ3n) is 5.87. The van der Waals surface area contributed by atoms with Crippen molar-refractivity contribution in [3.05, 3.63) is 35.6 Å². The summed E-state index contributed by atoms with van der Waals surface area (Å²) >= 11 is 0. The molecule has 0 unspecified atom stereocenters. The SMILES string of the molecule is O=C([C@@H]1C[C@@H]1c1cccc(F)c1)N1CCCC[C@@H]1CN1CCOCC1. The van der Waals surface area contributed by atoms with Crippen LogP contribution >= 0.6 is 0 Å². The minimum Gasteiger partial charge on any atom is -0.379 e. The molecule has 2 saturated heterocycles. The number of halogens is 1. The van der Waals surface area contributed by atoms with Crippen LogP contribution in [0.3, 0.4) is 0 Å². The van der Waals surface area contributed by atoms with Gasteiger partial charge in [0, 0.05) is 38.1 Å². The number of benzene rings is 1. The van der Waals surface area contributed by atoms with E-state index < -0.39 is 0 Å². The van der Waals surface area contributed by atoms with Crippen LogP contribution in [0.4, 0.5) is 4.39 Å². The molecule has 3 fully saturated rings. The second-order valence-electron chi connectivity index (χ2n) is 7.60. The van der Waals surface area contributed by atoms with E-state index in [1.807, 2.05) is 6.07 Å². The first kappa shape index (κ1) is 17.0. The fraction of sp³-hybridized carbons (Fsp3) is 0.650. The molecule has 1 aromatic carbocycles. The maximum atomic E-state index is 13.4. The molecule has 1 amide bonds. The number of likely N-dealkylation sites (tertiary alicyclic amines) is 1. The summed E-state index contributed by atoms with van der Waals surface area (Å²) in [5, 5.41) is 0. The van der Waals surface area contributed by atoms with Crippen molar-refractivity contribution in [2.24, 2.45) is 5.92 Å². The average molecular weight is 346 g/mol. The summed E-state index contributed by atoms with van der Waals surface area (Å²) in [5.74, 6) is 0.326. The molecule has 2 heterocycles.